The van der Waals surface area contributed by atoms with Crippen molar-refractivity contribution in [2.24, 2.45) is 5.84 Å². The van der Waals surface area contributed by atoms with Crippen LogP contribution in [0.1, 0.15) is 4.88 Å². The number of aryl methyl sites for hydroxylation is 1. The van der Waals surface area contributed by atoms with Crippen molar-refractivity contribution in [1.29, 1.82) is 0 Å². The highest BCUT2D eigenvalue weighted by Gasteiger charge is 2.11. The Kier molecular flexibility index (Phi) is 4.29. The van der Waals surface area contributed by atoms with Gasteiger partial charge in [0.15, 0.2) is 0 Å². The number of thiophene rings is 1. The molecule has 0 radical (unpaired) electrons. The standard InChI is InChI=1S/C10H14N4O2S3/c1-6-5-7-8(17-3-4-19(2,15)16)12-10(14-11)13-9(7)18-6/h5H,3-4,11H2,1-2H3,(H,12,13,14). The molecule has 0 aliphatic heterocycles. The molecular weight excluding hydrogens is 304 g/mol. The van der Waals surface area contributed by atoms with Gasteiger partial charge in [-0.05, 0) is 13.0 Å². The molecule has 0 unspecified atom stereocenters. The molecule has 2 rings (SSSR count). The van der Waals surface area contributed by atoms with Crippen molar-refractivity contribution in [3.63, 3.8) is 0 Å². The SMILES string of the molecule is Cc1cc2c(SCCS(C)(=O)=O)nc(NN)nc2s1. The smallest absolute Gasteiger partial charge is 0.239 e. The number of hydrazine groups is 1. The van der Waals surface area contributed by atoms with Gasteiger partial charge in [-0.2, -0.15) is 0 Å². The Bertz CT molecular complexity index is 696. The molecule has 2 heterocycles. The summed E-state index contributed by atoms with van der Waals surface area (Å²) in [6.07, 6.45) is 1.23. The third kappa shape index (κ3) is 3.78. The fourth-order valence-corrected chi connectivity index (χ4v) is 4.62. The van der Waals surface area contributed by atoms with Crippen molar-refractivity contribution >= 4 is 49.1 Å². The zero-order chi connectivity index (χ0) is 14.0. The van der Waals surface area contributed by atoms with Gasteiger partial charge in [-0.25, -0.2) is 24.2 Å². The highest BCUT2D eigenvalue weighted by molar-refractivity contribution is 8.00. The van der Waals surface area contributed by atoms with Gasteiger partial charge in [0.1, 0.15) is 19.7 Å². The molecule has 2 aromatic rings. The maximum Gasteiger partial charge on any atom is 0.239 e. The number of sulfone groups is 1. The number of aromatic nitrogens is 2. The van der Waals surface area contributed by atoms with E-state index in [1.807, 2.05) is 13.0 Å². The second kappa shape index (κ2) is 5.61. The molecule has 0 atom stereocenters. The molecule has 2 aromatic heterocycles. The van der Waals surface area contributed by atoms with Gasteiger partial charge in [-0.15, -0.1) is 23.1 Å². The molecule has 9 heteroatoms. The van der Waals surface area contributed by atoms with Gasteiger partial charge < -0.3 is 0 Å². The summed E-state index contributed by atoms with van der Waals surface area (Å²) < 4.78 is 22.3. The quantitative estimate of drug-likeness (QED) is 0.372. The predicted molar refractivity (Wildman–Crippen MR) is 80.4 cm³/mol. The van der Waals surface area contributed by atoms with Crippen LogP contribution >= 0.6 is 23.1 Å². The number of fused-ring (bicyclic) bond motifs is 1. The van der Waals surface area contributed by atoms with Crippen LogP contribution in [0.2, 0.25) is 0 Å². The van der Waals surface area contributed by atoms with Crippen LogP contribution < -0.4 is 11.3 Å². The third-order valence-corrected chi connectivity index (χ3v) is 5.44. The monoisotopic (exact) mass is 318 g/mol. The molecule has 0 aliphatic rings. The third-order valence-electron chi connectivity index (χ3n) is 2.30. The summed E-state index contributed by atoms with van der Waals surface area (Å²) in [5.41, 5.74) is 2.43. The zero-order valence-corrected chi connectivity index (χ0v) is 13.0. The van der Waals surface area contributed by atoms with Gasteiger partial charge in [0.05, 0.1) is 5.75 Å². The molecule has 0 amide bonds. The number of thioether (sulfide) groups is 1. The fourth-order valence-electron chi connectivity index (χ4n) is 1.48. The number of nitrogens with one attached hydrogen (secondary N) is 1. The summed E-state index contributed by atoms with van der Waals surface area (Å²) >= 11 is 2.96. The van der Waals surface area contributed by atoms with Crippen molar-refractivity contribution in [1.82, 2.24) is 9.97 Å². The molecule has 3 N–H and O–H groups in total. The summed E-state index contributed by atoms with van der Waals surface area (Å²) in [7, 11) is -2.96. The molecule has 0 fully saturated rings. The van der Waals surface area contributed by atoms with E-state index in [0.717, 1.165) is 20.1 Å². The van der Waals surface area contributed by atoms with Crippen molar-refractivity contribution in [3.05, 3.63) is 10.9 Å². The molecule has 19 heavy (non-hydrogen) atoms. The Morgan fingerprint density at radius 2 is 2.21 bits per heavy atom. The average molecular weight is 318 g/mol. The van der Waals surface area contributed by atoms with Crippen molar-refractivity contribution in [3.8, 4) is 0 Å². The molecule has 0 bridgehead atoms. The van der Waals surface area contributed by atoms with Gasteiger partial charge in [-0.3, -0.25) is 5.43 Å². The van der Waals surface area contributed by atoms with Gasteiger partial charge in [0.25, 0.3) is 0 Å². The average Bonchev–Trinajstić information content (AvgIpc) is 2.67. The topological polar surface area (TPSA) is 98.0 Å². The first-order chi connectivity index (χ1) is 8.89. The molecule has 0 saturated heterocycles. The molecule has 0 saturated carbocycles. The van der Waals surface area contributed by atoms with Crippen molar-refractivity contribution in [2.75, 3.05) is 23.2 Å². The van der Waals surface area contributed by atoms with Crippen LogP contribution in [0.3, 0.4) is 0 Å². The first-order valence-electron chi connectivity index (χ1n) is 5.44. The number of hydrogen-bond donors (Lipinski definition) is 2. The second-order valence-electron chi connectivity index (χ2n) is 4.05. The lowest BCUT2D eigenvalue weighted by Crippen LogP contribution is -2.11. The van der Waals surface area contributed by atoms with E-state index >= 15 is 0 Å². The van der Waals surface area contributed by atoms with E-state index in [1.54, 1.807) is 11.3 Å². The number of nitrogens with two attached hydrogens (primary N) is 1. The van der Waals surface area contributed by atoms with Crippen LogP contribution in [0.25, 0.3) is 10.2 Å². The van der Waals surface area contributed by atoms with Crippen LogP contribution in [-0.2, 0) is 9.84 Å². The summed E-state index contributed by atoms with van der Waals surface area (Å²) in [6, 6.07) is 2.00. The van der Waals surface area contributed by atoms with E-state index in [9.17, 15) is 8.42 Å². The molecule has 104 valence electrons. The lowest BCUT2D eigenvalue weighted by atomic mass is 10.4. The second-order valence-corrected chi connectivity index (χ2v) is 8.63. The minimum atomic E-state index is -2.96. The minimum absolute atomic E-state index is 0.123. The Morgan fingerprint density at radius 3 is 2.84 bits per heavy atom. The largest absolute Gasteiger partial charge is 0.292 e. The summed E-state index contributed by atoms with van der Waals surface area (Å²) in [4.78, 5) is 10.5. The van der Waals surface area contributed by atoms with Crippen LogP contribution in [-0.4, -0.2) is 36.1 Å². The van der Waals surface area contributed by atoms with E-state index in [1.165, 1.54) is 18.0 Å². The van der Waals surface area contributed by atoms with Crippen LogP contribution in [0.15, 0.2) is 11.1 Å². The van der Waals surface area contributed by atoms with Gasteiger partial charge in [0, 0.05) is 22.3 Å². The number of rotatable bonds is 5. The summed E-state index contributed by atoms with van der Waals surface area (Å²) in [6.45, 7) is 1.99. The predicted octanol–water partition coefficient (Wildman–Crippen LogP) is 1.42. The van der Waals surface area contributed by atoms with E-state index in [-0.39, 0.29) is 5.75 Å². The molecular formula is C10H14N4O2S3. The van der Waals surface area contributed by atoms with Gasteiger partial charge in [-0.1, -0.05) is 0 Å². The Hall–Kier alpha value is -0.900. The van der Waals surface area contributed by atoms with Gasteiger partial charge in [0.2, 0.25) is 5.95 Å². The van der Waals surface area contributed by atoms with E-state index < -0.39 is 9.84 Å². The van der Waals surface area contributed by atoms with Crippen molar-refractivity contribution in [2.45, 2.75) is 11.9 Å². The lowest BCUT2D eigenvalue weighted by molar-refractivity contribution is 0.603. The van der Waals surface area contributed by atoms with Crippen LogP contribution in [0.5, 0.6) is 0 Å². The Labute approximate surface area is 119 Å². The van der Waals surface area contributed by atoms with E-state index in [2.05, 4.69) is 15.4 Å². The molecule has 0 aliphatic carbocycles. The first kappa shape index (κ1) is 14.5. The number of anilines is 1. The molecule has 0 aromatic carbocycles. The summed E-state index contributed by atoms with van der Waals surface area (Å²) in [5.74, 6) is 6.27. The Morgan fingerprint density at radius 1 is 1.47 bits per heavy atom. The number of hydrogen-bond acceptors (Lipinski definition) is 8. The summed E-state index contributed by atoms with van der Waals surface area (Å²) in [5, 5.41) is 1.70. The maximum atomic E-state index is 11.1. The number of nitrogen functional groups attached to an aromatic ring is 1. The highest BCUT2D eigenvalue weighted by atomic mass is 32.2. The highest BCUT2D eigenvalue weighted by Crippen LogP contribution is 2.31. The van der Waals surface area contributed by atoms with Crippen molar-refractivity contribution < 1.29 is 8.42 Å². The zero-order valence-electron chi connectivity index (χ0n) is 10.5. The lowest BCUT2D eigenvalue weighted by Gasteiger charge is -2.04. The van der Waals surface area contributed by atoms with Crippen LogP contribution in [0, 0.1) is 6.92 Å². The number of nitrogens with zero attached hydrogens (tertiary/aromatic N) is 2. The van der Waals surface area contributed by atoms with Gasteiger partial charge >= 0.3 is 0 Å². The molecule has 6 nitrogen and oxygen atoms in total. The molecule has 0 spiro atoms. The minimum Gasteiger partial charge on any atom is -0.292 e. The fraction of sp³-hybridized carbons (Fsp3) is 0.400. The van der Waals surface area contributed by atoms with E-state index in [4.69, 9.17) is 5.84 Å². The normalized spacial score (nSPS) is 11.9. The maximum absolute atomic E-state index is 11.1. The van der Waals surface area contributed by atoms with Crippen LogP contribution in [0.4, 0.5) is 5.95 Å². The first-order valence-corrected chi connectivity index (χ1v) is 9.30. The Balaban J connectivity index is 2.30. The van der Waals surface area contributed by atoms with E-state index in [0.29, 0.717) is 11.7 Å².